The van der Waals surface area contributed by atoms with Gasteiger partial charge in [-0.2, -0.15) is 0 Å². The molecule has 0 saturated carbocycles. The number of morpholine rings is 1. The molecule has 2 aliphatic rings. The number of benzene rings is 1. The SMILES string of the molecule is COc1cc(OC)cc(C(=O)N2CSCC2C(=O)NCCN2CCOCC2)c1. The Labute approximate surface area is 169 Å². The lowest BCUT2D eigenvalue weighted by Crippen LogP contribution is -2.49. The number of rotatable bonds is 7. The van der Waals surface area contributed by atoms with Crippen molar-refractivity contribution >= 4 is 23.6 Å². The molecule has 0 aromatic heterocycles. The molecule has 28 heavy (non-hydrogen) atoms. The van der Waals surface area contributed by atoms with Crippen LogP contribution >= 0.6 is 11.8 Å². The van der Waals surface area contributed by atoms with Crippen LogP contribution in [0.15, 0.2) is 18.2 Å². The van der Waals surface area contributed by atoms with Gasteiger partial charge in [-0.3, -0.25) is 14.5 Å². The summed E-state index contributed by atoms with van der Waals surface area (Å²) in [7, 11) is 3.08. The highest BCUT2D eigenvalue weighted by Gasteiger charge is 2.35. The largest absolute Gasteiger partial charge is 0.497 e. The minimum absolute atomic E-state index is 0.110. The molecule has 1 N–H and O–H groups in total. The third kappa shape index (κ3) is 5.09. The minimum atomic E-state index is -0.473. The van der Waals surface area contributed by atoms with Crippen molar-refractivity contribution in [2.45, 2.75) is 6.04 Å². The molecule has 0 aliphatic carbocycles. The Bertz CT molecular complexity index is 674. The van der Waals surface area contributed by atoms with Gasteiger partial charge in [-0.25, -0.2) is 0 Å². The van der Waals surface area contributed by atoms with E-state index in [4.69, 9.17) is 14.2 Å². The molecular formula is C19H27N3O5S. The number of hydrogen-bond acceptors (Lipinski definition) is 7. The summed E-state index contributed by atoms with van der Waals surface area (Å²) < 4.78 is 15.8. The van der Waals surface area contributed by atoms with Crippen molar-refractivity contribution in [1.29, 1.82) is 0 Å². The Morgan fingerprint density at radius 1 is 1.18 bits per heavy atom. The maximum atomic E-state index is 13.0. The highest BCUT2D eigenvalue weighted by Crippen LogP contribution is 2.27. The van der Waals surface area contributed by atoms with Gasteiger partial charge in [0.2, 0.25) is 5.91 Å². The number of nitrogens with one attached hydrogen (secondary N) is 1. The second kappa shape index (κ2) is 9.99. The molecule has 1 atom stereocenters. The van der Waals surface area contributed by atoms with Crippen molar-refractivity contribution in [1.82, 2.24) is 15.1 Å². The van der Waals surface area contributed by atoms with E-state index in [1.807, 2.05) is 0 Å². The molecule has 3 rings (SSSR count). The van der Waals surface area contributed by atoms with E-state index in [2.05, 4.69) is 10.2 Å². The first-order valence-corrected chi connectivity index (χ1v) is 10.5. The fourth-order valence-electron chi connectivity index (χ4n) is 3.24. The molecule has 2 heterocycles. The predicted octanol–water partition coefficient (Wildman–Crippen LogP) is 0.667. The summed E-state index contributed by atoms with van der Waals surface area (Å²) in [5.41, 5.74) is 0.449. The van der Waals surface area contributed by atoms with Crippen LogP contribution in [0.3, 0.4) is 0 Å². The van der Waals surface area contributed by atoms with E-state index in [-0.39, 0.29) is 11.8 Å². The van der Waals surface area contributed by atoms with E-state index in [0.717, 1.165) is 32.8 Å². The quantitative estimate of drug-likeness (QED) is 0.709. The monoisotopic (exact) mass is 409 g/mol. The molecule has 154 valence electrons. The molecule has 2 fully saturated rings. The van der Waals surface area contributed by atoms with Crippen molar-refractivity contribution in [3.8, 4) is 11.5 Å². The number of amides is 2. The molecule has 1 aromatic rings. The molecule has 2 aliphatic heterocycles. The molecule has 0 spiro atoms. The van der Waals surface area contributed by atoms with Crippen molar-refractivity contribution < 1.29 is 23.8 Å². The third-order valence-corrected chi connectivity index (χ3v) is 5.89. The Kier molecular flexibility index (Phi) is 7.41. The fraction of sp³-hybridized carbons (Fsp3) is 0.579. The molecule has 8 nitrogen and oxygen atoms in total. The van der Waals surface area contributed by atoms with E-state index < -0.39 is 6.04 Å². The summed E-state index contributed by atoms with van der Waals surface area (Å²) in [6, 6.07) is 4.58. The van der Waals surface area contributed by atoms with Gasteiger partial charge in [0.05, 0.1) is 33.3 Å². The summed E-state index contributed by atoms with van der Waals surface area (Å²) >= 11 is 1.58. The van der Waals surface area contributed by atoms with Crippen LogP contribution in [0.5, 0.6) is 11.5 Å². The zero-order chi connectivity index (χ0) is 19.9. The molecule has 0 radical (unpaired) electrons. The molecule has 2 saturated heterocycles. The molecule has 1 unspecified atom stereocenters. The molecule has 2 amide bonds. The van der Waals surface area contributed by atoms with Gasteiger partial charge < -0.3 is 24.4 Å². The molecule has 9 heteroatoms. The Morgan fingerprint density at radius 2 is 1.86 bits per heavy atom. The van der Waals surface area contributed by atoms with Crippen LogP contribution in [0.25, 0.3) is 0 Å². The summed E-state index contributed by atoms with van der Waals surface area (Å²) in [6.07, 6.45) is 0. The van der Waals surface area contributed by atoms with Crippen LogP contribution in [0.1, 0.15) is 10.4 Å². The van der Waals surface area contributed by atoms with Crippen molar-refractivity contribution in [3.63, 3.8) is 0 Å². The number of nitrogens with zero attached hydrogens (tertiary/aromatic N) is 2. The van der Waals surface area contributed by atoms with Crippen LogP contribution in [-0.2, 0) is 9.53 Å². The number of carbonyl (C=O) groups is 2. The van der Waals surface area contributed by atoms with Crippen LogP contribution in [0.4, 0.5) is 0 Å². The highest BCUT2D eigenvalue weighted by molar-refractivity contribution is 7.99. The topological polar surface area (TPSA) is 80.3 Å². The lowest BCUT2D eigenvalue weighted by atomic mass is 10.1. The normalized spacial score (nSPS) is 20.1. The van der Waals surface area contributed by atoms with E-state index in [1.54, 1.807) is 49.1 Å². The maximum Gasteiger partial charge on any atom is 0.255 e. The number of carbonyl (C=O) groups excluding carboxylic acids is 2. The first kappa shape index (κ1) is 20.8. The first-order valence-electron chi connectivity index (χ1n) is 9.32. The van der Waals surface area contributed by atoms with Crippen LogP contribution in [0.2, 0.25) is 0 Å². The van der Waals surface area contributed by atoms with Gasteiger partial charge in [-0.05, 0) is 12.1 Å². The summed E-state index contributed by atoms with van der Waals surface area (Å²) in [4.78, 5) is 29.6. The molecular weight excluding hydrogens is 382 g/mol. The summed E-state index contributed by atoms with van der Waals surface area (Å²) in [5.74, 6) is 1.86. The standard InChI is InChI=1S/C19H27N3O5S/c1-25-15-9-14(10-16(11-15)26-2)19(24)22-13-28-12-17(22)18(23)20-3-4-21-5-7-27-8-6-21/h9-11,17H,3-8,12-13H2,1-2H3,(H,20,23). The van der Waals surface area contributed by atoms with Crippen molar-refractivity contribution in [2.75, 3.05) is 65.2 Å². The Hall–Kier alpha value is -1.97. The lowest BCUT2D eigenvalue weighted by molar-refractivity contribution is -0.124. The Balaban J connectivity index is 1.60. The molecule has 1 aromatic carbocycles. The van der Waals surface area contributed by atoms with Crippen molar-refractivity contribution in [2.24, 2.45) is 0 Å². The second-order valence-corrected chi connectivity index (χ2v) is 7.64. The minimum Gasteiger partial charge on any atom is -0.497 e. The van der Waals surface area contributed by atoms with Gasteiger partial charge >= 0.3 is 0 Å². The second-order valence-electron chi connectivity index (χ2n) is 6.64. The van der Waals surface area contributed by atoms with Gasteiger partial charge in [0.15, 0.2) is 0 Å². The van der Waals surface area contributed by atoms with Crippen molar-refractivity contribution in [3.05, 3.63) is 23.8 Å². The van der Waals surface area contributed by atoms with Gasteiger partial charge in [0.1, 0.15) is 17.5 Å². The number of hydrogen-bond donors (Lipinski definition) is 1. The summed E-state index contributed by atoms with van der Waals surface area (Å²) in [5, 5.41) is 2.98. The smallest absolute Gasteiger partial charge is 0.255 e. The van der Waals surface area contributed by atoms with Crippen LogP contribution < -0.4 is 14.8 Å². The maximum absolute atomic E-state index is 13.0. The average Bonchev–Trinajstić information content (AvgIpc) is 3.23. The van der Waals surface area contributed by atoms with E-state index >= 15 is 0 Å². The van der Waals surface area contributed by atoms with E-state index in [0.29, 0.717) is 35.2 Å². The van der Waals surface area contributed by atoms with Crippen LogP contribution in [-0.4, -0.2) is 92.9 Å². The fourth-order valence-corrected chi connectivity index (χ4v) is 4.39. The first-order chi connectivity index (χ1) is 13.6. The number of ether oxygens (including phenoxy) is 3. The zero-order valence-corrected chi connectivity index (χ0v) is 17.1. The Morgan fingerprint density at radius 3 is 2.50 bits per heavy atom. The van der Waals surface area contributed by atoms with Gasteiger partial charge in [0.25, 0.3) is 5.91 Å². The highest BCUT2D eigenvalue weighted by atomic mass is 32.2. The number of thioether (sulfide) groups is 1. The van der Waals surface area contributed by atoms with Crippen LogP contribution in [0, 0.1) is 0 Å². The lowest BCUT2D eigenvalue weighted by Gasteiger charge is -2.27. The van der Waals surface area contributed by atoms with Gasteiger partial charge in [0, 0.05) is 43.6 Å². The number of methoxy groups -OCH3 is 2. The average molecular weight is 410 g/mol. The zero-order valence-electron chi connectivity index (χ0n) is 16.3. The van der Waals surface area contributed by atoms with Gasteiger partial charge in [-0.15, -0.1) is 11.8 Å². The predicted molar refractivity (Wildman–Crippen MR) is 107 cm³/mol. The van der Waals surface area contributed by atoms with E-state index in [9.17, 15) is 9.59 Å². The third-order valence-electron chi connectivity index (χ3n) is 4.88. The summed E-state index contributed by atoms with van der Waals surface area (Å²) in [6.45, 7) is 4.60. The molecule has 0 bridgehead atoms. The van der Waals surface area contributed by atoms with E-state index in [1.165, 1.54) is 0 Å². The van der Waals surface area contributed by atoms with Gasteiger partial charge in [-0.1, -0.05) is 0 Å².